The van der Waals surface area contributed by atoms with Gasteiger partial charge in [0.1, 0.15) is 12.4 Å². The van der Waals surface area contributed by atoms with E-state index in [2.05, 4.69) is 0 Å². The highest BCUT2D eigenvalue weighted by molar-refractivity contribution is 7.17. The van der Waals surface area contributed by atoms with Crippen molar-refractivity contribution >= 4 is 38.9 Å². The molecule has 0 radical (unpaired) electrons. The van der Waals surface area contributed by atoms with Gasteiger partial charge >= 0.3 is 0 Å². The highest BCUT2D eigenvalue weighted by atomic mass is 35.5. The first-order chi connectivity index (χ1) is 12.5. The lowest BCUT2D eigenvalue weighted by atomic mass is 10.1. The van der Waals surface area contributed by atoms with Gasteiger partial charge in [-0.2, -0.15) is 0 Å². The molecule has 3 heterocycles. The molecule has 26 heavy (non-hydrogen) atoms. The number of fused-ring (bicyclic) bond motifs is 1. The van der Waals surface area contributed by atoms with Crippen molar-refractivity contribution in [2.75, 3.05) is 13.1 Å². The molecule has 0 unspecified atom stereocenters. The number of amides is 1. The van der Waals surface area contributed by atoms with Crippen LogP contribution in [0, 0.1) is 5.82 Å². The van der Waals surface area contributed by atoms with Crippen molar-refractivity contribution in [2.45, 2.75) is 19.4 Å². The Labute approximate surface area is 158 Å². The summed E-state index contributed by atoms with van der Waals surface area (Å²) in [6.07, 6.45) is 3.67. The Morgan fingerprint density at radius 1 is 1.23 bits per heavy atom. The molecule has 1 amide bonds. The van der Waals surface area contributed by atoms with E-state index in [0.29, 0.717) is 16.5 Å². The van der Waals surface area contributed by atoms with Crippen molar-refractivity contribution in [3.8, 4) is 11.1 Å². The van der Waals surface area contributed by atoms with Gasteiger partial charge in [0.25, 0.3) is 5.56 Å². The number of likely N-dealkylation sites (tertiary alicyclic amines) is 1. The van der Waals surface area contributed by atoms with E-state index in [9.17, 15) is 14.0 Å². The number of pyridine rings is 1. The molecule has 0 saturated carbocycles. The summed E-state index contributed by atoms with van der Waals surface area (Å²) in [5.74, 6) is -0.567. The number of nitrogens with zero attached hydrogens (tertiary/aromatic N) is 2. The minimum atomic E-state index is -0.524. The molecule has 1 fully saturated rings. The van der Waals surface area contributed by atoms with E-state index < -0.39 is 5.82 Å². The van der Waals surface area contributed by atoms with Crippen LogP contribution in [-0.4, -0.2) is 28.5 Å². The molecule has 7 heteroatoms. The summed E-state index contributed by atoms with van der Waals surface area (Å²) in [5, 5.41) is 2.39. The van der Waals surface area contributed by atoms with Crippen LogP contribution in [0.2, 0.25) is 5.02 Å². The third-order valence-corrected chi connectivity index (χ3v) is 5.95. The van der Waals surface area contributed by atoms with Crippen LogP contribution in [0.1, 0.15) is 12.8 Å². The fraction of sp³-hybridized carbons (Fsp3) is 0.263. The van der Waals surface area contributed by atoms with Crippen molar-refractivity contribution in [3.63, 3.8) is 0 Å². The van der Waals surface area contributed by atoms with Gasteiger partial charge in [0, 0.05) is 34.9 Å². The maximum absolute atomic E-state index is 13.8. The standard InChI is InChI=1S/C19H16ClFN2O2S/c20-14-4-3-12(9-15(14)21)13-11-26-16-5-8-23(19(25)18(13)16)10-17(24)22-6-1-2-7-22/h3-5,8-9,11H,1-2,6-7,10H2. The molecule has 1 aromatic carbocycles. The van der Waals surface area contributed by atoms with Crippen LogP contribution in [-0.2, 0) is 11.3 Å². The molecule has 1 aliphatic heterocycles. The molecule has 0 spiro atoms. The summed E-state index contributed by atoms with van der Waals surface area (Å²) in [6, 6.07) is 6.33. The molecule has 1 aliphatic rings. The average Bonchev–Trinajstić information content (AvgIpc) is 3.29. The molecule has 4 rings (SSSR count). The highest BCUT2D eigenvalue weighted by Crippen LogP contribution is 2.33. The molecule has 134 valence electrons. The van der Waals surface area contributed by atoms with Crippen molar-refractivity contribution in [3.05, 3.63) is 57.0 Å². The van der Waals surface area contributed by atoms with Crippen molar-refractivity contribution in [1.29, 1.82) is 0 Å². The fourth-order valence-electron chi connectivity index (χ4n) is 3.30. The van der Waals surface area contributed by atoms with Gasteiger partial charge in [-0.25, -0.2) is 4.39 Å². The monoisotopic (exact) mass is 390 g/mol. The zero-order chi connectivity index (χ0) is 18.3. The van der Waals surface area contributed by atoms with Crippen LogP contribution in [0.3, 0.4) is 0 Å². The Morgan fingerprint density at radius 2 is 2.00 bits per heavy atom. The number of rotatable bonds is 3. The molecule has 3 aromatic rings. The first kappa shape index (κ1) is 17.2. The van der Waals surface area contributed by atoms with E-state index in [0.717, 1.165) is 30.6 Å². The topological polar surface area (TPSA) is 42.3 Å². The summed E-state index contributed by atoms with van der Waals surface area (Å²) in [7, 11) is 0. The second-order valence-corrected chi connectivity index (χ2v) is 7.67. The average molecular weight is 391 g/mol. The number of carbonyl (C=O) groups excluding carboxylic acids is 1. The van der Waals surface area contributed by atoms with Crippen molar-refractivity contribution in [2.24, 2.45) is 0 Å². The lowest BCUT2D eigenvalue weighted by molar-refractivity contribution is -0.130. The molecule has 2 aromatic heterocycles. The Morgan fingerprint density at radius 3 is 2.73 bits per heavy atom. The van der Waals surface area contributed by atoms with E-state index in [1.807, 2.05) is 11.4 Å². The van der Waals surface area contributed by atoms with E-state index in [4.69, 9.17) is 11.6 Å². The molecule has 0 aliphatic carbocycles. The highest BCUT2D eigenvalue weighted by Gasteiger charge is 2.20. The van der Waals surface area contributed by atoms with Crippen LogP contribution >= 0.6 is 22.9 Å². The number of halogens is 2. The third kappa shape index (κ3) is 3.04. The number of benzene rings is 1. The summed E-state index contributed by atoms with van der Waals surface area (Å²) in [4.78, 5) is 27.1. The Kier molecular flexibility index (Phi) is 4.54. The van der Waals surface area contributed by atoms with E-state index in [1.54, 1.807) is 17.2 Å². The maximum atomic E-state index is 13.8. The zero-order valence-corrected chi connectivity index (χ0v) is 15.4. The number of carbonyl (C=O) groups is 1. The van der Waals surface area contributed by atoms with Gasteiger partial charge in [-0.15, -0.1) is 11.3 Å². The predicted molar refractivity (Wildman–Crippen MR) is 102 cm³/mol. The van der Waals surface area contributed by atoms with Crippen LogP contribution in [0.15, 0.2) is 40.6 Å². The molecule has 4 nitrogen and oxygen atoms in total. The van der Waals surface area contributed by atoms with E-state index >= 15 is 0 Å². The zero-order valence-electron chi connectivity index (χ0n) is 13.9. The molecule has 0 N–H and O–H groups in total. The lowest BCUT2D eigenvalue weighted by Crippen LogP contribution is -2.34. The first-order valence-corrected chi connectivity index (χ1v) is 9.64. The van der Waals surface area contributed by atoms with Gasteiger partial charge < -0.3 is 9.47 Å². The second kappa shape index (κ2) is 6.85. The normalized spacial score (nSPS) is 14.3. The van der Waals surface area contributed by atoms with Gasteiger partial charge in [-0.1, -0.05) is 17.7 Å². The SMILES string of the molecule is O=C(Cn1ccc2scc(-c3ccc(Cl)c(F)c3)c2c1=O)N1CCCC1. The predicted octanol–water partition coefficient (Wildman–Crippen LogP) is 4.14. The minimum absolute atomic E-state index is 0.0268. The Hall–Kier alpha value is -2.18. The second-order valence-electron chi connectivity index (χ2n) is 6.35. The van der Waals surface area contributed by atoms with Crippen LogP contribution in [0.4, 0.5) is 4.39 Å². The molecular formula is C19H16ClFN2O2S. The number of hydrogen-bond donors (Lipinski definition) is 0. The Bertz CT molecular complexity index is 1050. The smallest absolute Gasteiger partial charge is 0.260 e. The number of thiophene rings is 1. The van der Waals surface area contributed by atoms with Gasteiger partial charge in [0.15, 0.2) is 0 Å². The van der Waals surface area contributed by atoms with Gasteiger partial charge in [-0.05, 0) is 36.6 Å². The van der Waals surface area contributed by atoms with Gasteiger partial charge in [0.05, 0.1) is 10.4 Å². The maximum Gasteiger partial charge on any atom is 0.260 e. The lowest BCUT2D eigenvalue weighted by Gasteiger charge is -2.16. The first-order valence-electron chi connectivity index (χ1n) is 8.38. The van der Waals surface area contributed by atoms with Gasteiger partial charge in [-0.3, -0.25) is 9.59 Å². The Balaban J connectivity index is 1.75. The molecule has 0 atom stereocenters. The summed E-state index contributed by atoms with van der Waals surface area (Å²) >= 11 is 7.18. The summed E-state index contributed by atoms with van der Waals surface area (Å²) in [5.41, 5.74) is 1.02. The number of hydrogen-bond acceptors (Lipinski definition) is 3. The van der Waals surface area contributed by atoms with Crippen molar-refractivity contribution < 1.29 is 9.18 Å². The quantitative estimate of drug-likeness (QED) is 0.674. The van der Waals surface area contributed by atoms with Crippen LogP contribution in [0.5, 0.6) is 0 Å². The summed E-state index contributed by atoms with van der Waals surface area (Å²) in [6.45, 7) is 1.53. The minimum Gasteiger partial charge on any atom is -0.341 e. The molecule has 1 saturated heterocycles. The third-order valence-electron chi connectivity index (χ3n) is 4.70. The molecule has 0 bridgehead atoms. The summed E-state index contributed by atoms with van der Waals surface area (Å²) < 4.78 is 16.1. The van der Waals surface area contributed by atoms with Gasteiger partial charge in [0.2, 0.25) is 5.91 Å². The largest absolute Gasteiger partial charge is 0.341 e. The molecular weight excluding hydrogens is 375 g/mol. The fourth-order valence-corrected chi connectivity index (χ4v) is 4.37. The number of aromatic nitrogens is 1. The van der Waals surface area contributed by atoms with Crippen molar-refractivity contribution in [1.82, 2.24) is 9.47 Å². The van der Waals surface area contributed by atoms with E-state index in [-0.39, 0.29) is 23.0 Å². The van der Waals surface area contributed by atoms with Crippen LogP contribution < -0.4 is 5.56 Å². The van der Waals surface area contributed by atoms with Crippen LogP contribution in [0.25, 0.3) is 21.2 Å². The van der Waals surface area contributed by atoms with E-state index in [1.165, 1.54) is 28.0 Å².